The molecule has 0 radical (unpaired) electrons. The Kier molecular flexibility index (Phi) is 2.64. The predicted molar refractivity (Wildman–Crippen MR) is 56.6 cm³/mol. The van der Waals surface area contributed by atoms with Crippen molar-refractivity contribution in [3.05, 3.63) is 0 Å². The zero-order valence-corrected chi connectivity index (χ0v) is 9.26. The van der Waals surface area contributed by atoms with Crippen molar-refractivity contribution in [1.29, 1.82) is 0 Å². The maximum Gasteiger partial charge on any atom is 0.0861 e. The van der Waals surface area contributed by atoms with Gasteiger partial charge in [0.15, 0.2) is 0 Å². The Labute approximate surface area is 82.7 Å². The van der Waals surface area contributed by atoms with Gasteiger partial charge in [-0.15, -0.1) is 0 Å². The lowest BCUT2D eigenvalue weighted by Gasteiger charge is -2.40. The summed E-state index contributed by atoms with van der Waals surface area (Å²) in [6, 6.07) is 0.951. The molecule has 0 aromatic rings. The molecule has 0 aromatic carbocycles. The van der Waals surface area contributed by atoms with E-state index in [1.807, 2.05) is 0 Å². The fraction of sp³-hybridized carbons (Fsp3) is 1.00. The van der Waals surface area contributed by atoms with Crippen LogP contribution < -0.4 is 0 Å². The van der Waals surface area contributed by atoms with E-state index in [0.29, 0.717) is 0 Å². The monoisotopic (exact) mass is 182 g/mol. The van der Waals surface area contributed by atoms with Crippen molar-refractivity contribution in [2.45, 2.75) is 52.0 Å². The van der Waals surface area contributed by atoms with E-state index in [2.05, 4.69) is 13.8 Å². The molecule has 13 heavy (non-hydrogen) atoms. The molecule has 1 nitrogen and oxygen atoms in total. The lowest BCUT2D eigenvalue weighted by molar-refractivity contribution is -0.940. The van der Waals surface area contributed by atoms with Crippen molar-refractivity contribution in [3.63, 3.8) is 0 Å². The van der Waals surface area contributed by atoms with Crippen LogP contribution in [-0.2, 0) is 0 Å². The molecular formula is C12H24N+. The molecule has 2 aliphatic heterocycles. The Bertz CT molecular complexity index is 170. The molecule has 0 aliphatic carbocycles. The molecule has 0 bridgehead atoms. The number of rotatable bonds is 0. The molecular weight excluding hydrogens is 158 g/mol. The molecule has 0 aromatic heterocycles. The highest BCUT2D eigenvalue weighted by Gasteiger charge is 2.39. The summed E-state index contributed by atoms with van der Waals surface area (Å²) in [5, 5.41) is 0. The maximum absolute atomic E-state index is 2.49. The van der Waals surface area contributed by atoms with E-state index >= 15 is 0 Å². The molecule has 2 unspecified atom stereocenters. The van der Waals surface area contributed by atoms with E-state index in [1.165, 1.54) is 56.2 Å². The largest absolute Gasteiger partial charge is 0.321 e. The Morgan fingerprint density at radius 2 is 1.62 bits per heavy atom. The lowest BCUT2D eigenvalue weighted by Crippen LogP contribution is -2.53. The van der Waals surface area contributed by atoms with E-state index < -0.39 is 0 Å². The third-order valence-electron chi connectivity index (χ3n) is 4.39. The van der Waals surface area contributed by atoms with Crippen molar-refractivity contribution in [2.75, 3.05) is 19.6 Å². The summed E-state index contributed by atoms with van der Waals surface area (Å²) in [5.74, 6) is 0.975. The Balaban J connectivity index is 2.11. The second-order valence-corrected chi connectivity index (χ2v) is 5.44. The van der Waals surface area contributed by atoms with Crippen LogP contribution in [0.15, 0.2) is 0 Å². The molecule has 2 atom stereocenters. The Hall–Kier alpha value is -0.0400. The van der Waals surface area contributed by atoms with Gasteiger partial charge >= 0.3 is 0 Å². The summed E-state index contributed by atoms with van der Waals surface area (Å²) in [6.45, 7) is 9.37. The van der Waals surface area contributed by atoms with E-state index in [9.17, 15) is 0 Å². The average Bonchev–Trinajstić information content (AvgIpc) is 2.48. The van der Waals surface area contributed by atoms with E-state index in [4.69, 9.17) is 0 Å². The third-order valence-corrected chi connectivity index (χ3v) is 4.39. The fourth-order valence-electron chi connectivity index (χ4n) is 3.52. The minimum atomic E-state index is 0.951. The zero-order chi connectivity index (χ0) is 9.31. The normalized spacial score (nSPS) is 39.2. The molecule has 2 heterocycles. The summed E-state index contributed by atoms with van der Waals surface area (Å²) in [7, 11) is 0. The summed E-state index contributed by atoms with van der Waals surface area (Å²) >= 11 is 0. The van der Waals surface area contributed by atoms with E-state index in [0.717, 1.165) is 12.0 Å². The molecule has 1 spiro atoms. The van der Waals surface area contributed by atoms with Gasteiger partial charge in [-0.25, -0.2) is 0 Å². The molecule has 0 saturated carbocycles. The SMILES string of the molecule is CC1CCCC(C)[N+]2(CCCC2)C1. The average molecular weight is 182 g/mol. The lowest BCUT2D eigenvalue weighted by atomic mass is 10.1. The van der Waals surface area contributed by atoms with Gasteiger partial charge in [-0.3, -0.25) is 0 Å². The smallest absolute Gasteiger partial charge is 0.0861 e. The van der Waals surface area contributed by atoms with Crippen LogP contribution in [0.5, 0.6) is 0 Å². The molecule has 2 saturated heterocycles. The van der Waals surface area contributed by atoms with E-state index in [-0.39, 0.29) is 0 Å². The Morgan fingerprint density at radius 3 is 2.31 bits per heavy atom. The fourth-order valence-corrected chi connectivity index (χ4v) is 3.52. The van der Waals surface area contributed by atoms with Crippen LogP contribution in [-0.4, -0.2) is 30.2 Å². The summed E-state index contributed by atoms with van der Waals surface area (Å²) < 4.78 is 1.47. The standard InChI is InChI=1S/C12H24N/c1-11-6-5-7-12(2)13(10-11)8-3-4-9-13/h11-12H,3-10H2,1-2H3/q+1. The van der Waals surface area contributed by atoms with Crippen molar-refractivity contribution < 1.29 is 4.48 Å². The quantitative estimate of drug-likeness (QED) is 0.505. The third kappa shape index (κ3) is 1.76. The van der Waals surface area contributed by atoms with Gasteiger partial charge in [0.05, 0.1) is 25.7 Å². The number of nitrogens with zero attached hydrogens (tertiary/aromatic N) is 1. The molecule has 2 aliphatic rings. The molecule has 2 fully saturated rings. The van der Waals surface area contributed by atoms with Gasteiger partial charge in [-0.2, -0.15) is 0 Å². The van der Waals surface area contributed by atoms with Crippen molar-refractivity contribution in [1.82, 2.24) is 0 Å². The van der Waals surface area contributed by atoms with E-state index in [1.54, 1.807) is 0 Å². The molecule has 76 valence electrons. The van der Waals surface area contributed by atoms with Crippen molar-refractivity contribution in [2.24, 2.45) is 5.92 Å². The number of hydrogen-bond acceptors (Lipinski definition) is 0. The summed E-state index contributed by atoms with van der Waals surface area (Å²) in [6.07, 6.45) is 7.39. The van der Waals surface area contributed by atoms with Gasteiger partial charge in [-0.05, 0) is 26.2 Å². The zero-order valence-electron chi connectivity index (χ0n) is 9.26. The van der Waals surface area contributed by atoms with Crippen molar-refractivity contribution in [3.8, 4) is 0 Å². The minimum absolute atomic E-state index is 0.951. The first-order valence-electron chi connectivity index (χ1n) is 6.09. The first kappa shape index (κ1) is 9.51. The van der Waals surface area contributed by atoms with Gasteiger partial charge in [0.2, 0.25) is 0 Å². The predicted octanol–water partition coefficient (Wildman–Crippen LogP) is 2.81. The molecule has 0 N–H and O–H groups in total. The van der Waals surface area contributed by atoms with Gasteiger partial charge in [0.1, 0.15) is 0 Å². The van der Waals surface area contributed by atoms with Crippen LogP contribution in [0.4, 0.5) is 0 Å². The van der Waals surface area contributed by atoms with Crippen molar-refractivity contribution >= 4 is 0 Å². The maximum atomic E-state index is 2.49. The highest BCUT2D eigenvalue weighted by atomic mass is 15.4. The first-order chi connectivity index (χ1) is 6.23. The molecule has 1 heteroatoms. The molecule has 2 rings (SSSR count). The Morgan fingerprint density at radius 1 is 0.923 bits per heavy atom. The van der Waals surface area contributed by atoms with Gasteiger partial charge in [0, 0.05) is 18.8 Å². The first-order valence-corrected chi connectivity index (χ1v) is 6.09. The van der Waals surface area contributed by atoms with Crippen LogP contribution in [0, 0.1) is 5.92 Å². The van der Waals surface area contributed by atoms with Crippen LogP contribution in [0.1, 0.15) is 46.0 Å². The second kappa shape index (κ2) is 3.61. The highest BCUT2D eigenvalue weighted by Crippen LogP contribution is 2.32. The minimum Gasteiger partial charge on any atom is -0.321 e. The van der Waals surface area contributed by atoms with Crippen LogP contribution in [0.25, 0.3) is 0 Å². The number of quaternary nitrogens is 1. The number of hydrogen-bond donors (Lipinski definition) is 0. The van der Waals surface area contributed by atoms with Gasteiger partial charge in [0.25, 0.3) is 0 Å². The van der Waals surface area contributed by atoms with Gasteiger partial charge in [-0.1, -0.05) is 6.92 Å². The van der Waals surface area contributed by atoms with Gasteiger partial charge < -0.3 is 4.48 Å². The van der Waals surface area contributed by atoms with Crippen LogP contribution in [0.3, 0.4) is 0 Å². The summed E-state index contributed by atoms with van der Waals surface area (Å²) in [5.41, 5.74) is 0. The summed E-state index contributed by atoms with van der Waals surface area (Å²) in [4.78, 5) is 0. The highest BCUT2D eigenvalue weighted by molar-refractivity contribution is 4.69. The van der Waals surface area contributed by atoms with Crippen LogP contribution >= 0.6 is 0 Å². The molecule has 0 amide bonds. The second-order valence-electron chi connectivity index (χ2n) is 5.44. The topological polar surface area (TPSA) is 0 Å². The van der Waals surface area contributed by atoms with Crippen LogP contribution in [0.2, 0.25) is 0 Å².